The van der Waals surface area contributed by atoms with E-state index in [1.165, 1.54) is 0 Å². The van der Waals surface area contributed by atoms with E-state index in [4.69, 9.17) is 18.6 Å². The molecule has 0 saturated carbocycles. The maximum Gasteiger partial charge on any atom is 0.0777 e. The molecular formula is H4ClLiNO4. The summed E-state index contributed by atoms with van der Waals surface area (Å²) in [6.45, 7) is 0. The van der Waals surface area contributed by atoms with E-state index in [0.29, 0.717) is 0 Å². The first-order chi connectivity index (χ1) is 2.00. The van der Waals surface area contributed by atoms with Gasteiger partial charge < -0.3 is 6.15 Å². The molecule has 0 aromatic rings. The Morgan fingerprint density at radius 3 is 1.14 bits per heavy atom. The summed E-state index contributed by atoms with van der Waals surface area (Å²) in [5, 5.41) is 0. The molecule has 0 aliphatic heterocycles. The molecule has 0 atom stereocenters. The molecule has 41 valence electrons. The molecule has 5 nitrogen and oxygen atoms in total. The second-order valence-corrected chi connectivity index (χ2v) is 1.19. The zero-order chi connectivity index (χ0) is 4.50. The number of rotatable bonds is 0. The Labute approximate surface area is 54.4 Å². The summed E-state index contributed by atoms with van der Waals surface area (Å²) in [5.74, 6) is 0. The summed E-state index contributed by atoms with van der Waals surface area (Å²) in [6.07, 6.45) is 0. The zero-order valence-electron chi connectivity index (χ0n) is 3.76. The van der Waals surface area contributed by atoms with Crippen LogP contribution in [0.4, 0.5) is 0 Å². The van der Waals surface area contributed by atoms with E-state index in [0.717, 1.165) is 0 Å². The van der Waals surface area contributed by atoms with Gasteiger partial charge in [-0.05, 0) is 0 Å². The third kappa shape index (κ3) is 311. The summed E-state index contributed by atoms with van der Waals surface area (Å²) in [5.41, 5.74) is 0. The van der Waals surface area contributed by atoms with Gasteiger partial charge in [-0.2, -0.15) is 14.0 Å². The van der Waals surface area contributed by atoms with E-state index in [9.17, 15) is 0 Å². The maximum absolute atomic E-state index is 8.60. The molecule has 0 unspecified atom stereocenters. The fourth-order valence-electron chi connectivity index (χ4n) is 0. The third-order valence-corrected chi connectivity index (χ3v) is 0. The van der Waals surface area contributed by atoms with Crippen molar-refractivity contribution in [1.29, 1.82) is 0 Å². The summed E-state index contributed by atoms with van der Waals surface area (Å²) in [4.78, 5) is 0. The summed E-state index contributed by atoms with van der Waals surface area (Å²) in [6, 6.07) is 0. The SMILES string of the molecule is N.[Li].[O-][Cl+3]([O-])([O-])O. The van der Waals surface area contributed by atoms with Gasteiger partial charge in [0, 0.05) is 18.9 Å². The van der Waals surface area contributed by atoms with Gasteiger partial charge in [0.25, 0.3) is 0 Å². The van der Waals surface area contributed by atoms with Crippen LogP contribution in [-0.4, -0.2) is 23.5 Å². The Morgan fingerprint density at radius 1 is 1.14 bits per heavy atom. The molecule has 0 saturated heterocycles. The number of hydrogen-bond acceptors (Lipinski definition) is 5. The average molecular weight is 124 g/mol. The second kappa shape index (κ2) is 4.84. The molecule has 7 heavy (non-hydrogen) atoms. The van der Waals surface area contributed by atoms with Gasteiger partial charge in [-0.25, -0.2) is 0 Å². The van der Waals surface area contributed by atoms with Crippen LogP contribution in [0.3, 0.4) is 0 Å². The Hall–Kier alpha value is 0.687. The van der Waals surface area contributed by atoms with Gasteiger partial charge in [-0.1, -0.05) is 0 Å². The molecule has 0 amide bonds. The molecule has 0 aliphatic rings. The van der Waals surface area contributed by atoms with Crippen molar-refractivity contribution in [3.05, 3.63) is 0 Å². The van der Waals surface area contributed by atoms with Gasteiger partial charge in [-0.15, -0.1) is 0 Å². The molecule has 4 N–H and O–H groups in total. The van der Waals surface area contributed by atoms with Crippen LogP contribution >= 0.6 is 0 Å². The fourth-order valence-corrected chi connectivity index (χ4v) is 0. The van der Waals surface area contributed by atoms with Crippen LogP contribution in [0, 0.1) is 10.2 Å². The molecule has 0 rings (SSSR count). The molecule has 0 aromatic heterocycles. The van der Waals surface area contributed by atoms with Crippen molar-refractivity contribution in [2.24, 2.45) is 0 Å². The van der Waals surface area contributed by atoms with E-state index < -0.39 is 10.2 Å². The standard InChI is InChI=1S/ClHO4.Li.H3N/c2-1(3,4)5;;/h(H,2,3,4,5);;1H3. The molecule has 7 heteroatoms. The van der Waals surface area contributed by atoms with E-state index in [-0.39, 0.29) is 25.0 Å². The van der Waals surface area contributed by atoms with Crippen molar-refractivity contribution in [3.8, 4) is 0 Å². The van der Waals surface area contributed by atoms with Gasteiger partial charge in [-0.3, -0.25) is 0 Å². The normalized spacial score (nSPS) is 8.57. The van der Waals surface area contributed by atoms with E-state index >= 15 is 0 Å². The van der Waals surface area contributed by atoms with Crippen LogP contribution in [0.2, 0.25) is 0 Å². The van der Waals surface area contributed by atoms with Gasteiger partial charge >= 0.3 is 0 Å². The molecule has 1 radical (unpaired) electrons. The monoisotopic (exact) mass is 124 g/mol. The minimum absolute atomic E-state index is 0. The molecule has 0 fully saturated rings. The largest absolute Gasteiger partial charge is 0.344 e. The fraction of sp³-hybridized carbons (Fsp3) is 0. The van der Waals surface area contributed by atoms with Crippen LogP contribution < -0.4 is 20.1 Å². The predicted molar refractivity (Wildman–Crippen MR) is 13.0 cm³/mol. The molecule has 0 heterocycles. The first-order valence-electron chi connectivity index (χ1n) is 0.632. The van der Waals surface area contributed by atoms with Gasteiger partial charge in [0.05, 0.1) is 14.9 Å². The van der Waals surface area contributed by atoms with Gasteiger partial charge in [0.1, 0.15) is 0 Å². The minimum Gasteiger partial charge on any atom is -0.344 e. The topological polar surface area (TPSA) is 124 Å². The first kappa shape index (κ1) is 15.6. The third-order valence-electron chi connectivity index (χ3n) is 0. The first-order valence-corrected chi connectivity index (χ1v) is 1.90. The molecule has 0 bridgehead atoms. The van der Waals surface area contributed by atoms with Gasteiger partial charge in [0.2, 0.25) is 0 Å². The van der Waals surface area contributed by atoms with E-state index in [2.05, 4.69) is 0 Å². The van der Waals surface area contributed by atoms with Crippen LogP contribution in [0.15, 0.2) is 0 Å². The number of hydrogen-bond donors (Lipinski definition) is 2. The Kier molecular flexibility index (Phi) is 10.8. The molecular weight excluding hydrogens is 120 g/mol. The summed E-state index contributed by atoms with van der Waals surface area (Å²) < 4.78 is 32.7. The van der Waals surface area contributed by atoms with Crippen molar-refractivity contribution in [2.45, 2.75) is 0 Å². The predicted octanol–water partition coefficient (Wildman–Crippen LogP) is -4.34. The minimum atomic E-state index is -4.69. The van der Waals surface area contributed by atoms with Crippen LogP contribution in [-0.2, 0) is 0 Å². The Morgan fingerprint density at radius 2 is 1.14 bits per heavy atom. The van der Waals surface area contributed by atoms with E-state index in [1.807, 2.05) is 0 Å². The summed E-state index contributed by atoms with van der Waals surface area (Å²) >= 11 is 0. The molecule has 0 aromatic carbocycles. The summed E-state index contributed by atoms with van der Waals surface area (Å²) in [7, 11) is -4.69. The van der Waals surface area contributed by atoms with Crippen LogP contribution in [0.25, 0.3) is 0 Å². The quantitative estimate of drug-likeness (QED) is 0.316. The van der Waals surface area contributed by atoms with Crippen LogP contribution in [0.1, 0.15) is 0 Å². The molecule has 0 spiro atoms. The number of halogens is 1. The van der Waals surface area contributed by atoms with E-state index in [1.54, 1.807) is 0 Å². The van der Waals surface area contributed by atoms with Crippen molar-refractivity contribution in [3.63, 3.8) is 0 Å². The van der Waals surface area contributed by atoms with Crippen molar-refractivity contribution in [2.75, 3.05) is 0 Å². The second-order valence-electron chi connectivity index (χ2n) is 0.396. The Bertz CT molecular complexity index is 27.2. The molecule has 0 aliphatic carbocycles. The maximum atomic E-state index is 8.60. The van der Waals surface area contributed by atoms with Gasteiger partial charge in [0.15, 0.2) is 0 Å². The van der Waals surface area contributed by atoms with Crippen LogP contribution in [0.5, 0.6) is 0 Å². The zero-order valence-corrected chi connectivity index (χ0v) is 4.51. The van der Waals surface area contributed by atoms with Crippen molar-refractivity contribution < 1.29 is 28.9 Å². The van der Waals surface area contributed by atoms with Crippen molar-refractivity contribution >= 4 is 18.9 Å². The smallest absolute Gasteiger partial charge is 0.0777 e. The van der Waals surface area contributed by atoms with Crippen molar-refractivity contribution in [1.82, 2.24) is 6.15 Å². The Balaban J connectivity index is -0.0000000800. The average Bonchev–Trinajstić information content (AvgIpc) is 0.722.